The van der Waals surface area contributed by atoms with Gasteiger partial charge in [0.15, 0.2) is 0 Å². The number of aryl methyl sites for hydroxylation is 1. The molecule has 0 aliphatic heterocycles. The predicted octanol–water partition coefficient (Wildman–Crippen LogP) is 3.03. The van der Waals surface area contributed by atoms with E-state index < -0.39 is 5.97 Å². The summed E-state index contributed by atoms with van der Waals surface area (Å²) in [5.74, 6) is -0.820. The Labute approximate surface area is 124 Å². The highest BCUT2D eigenvalue weighted by Crippen LogP contribution is 2.10. The quantitative estimate of drug-likeness (QED) is 0.689. The van der Waals surface area contributed by atoms with Gasteiger partial charge in [0.05, 0.1) is 0 Å². The van der Waals surface area contributed by atoms with Gasteiger partial charge in [0.1, 0.15) is 0 Å². The van der Waals surface area contributed by atoms with Gasteiger partial charge in [0.2, 0.25) is 5.91 Å². The number of halogens is 1. The van der Waals surface area contributed by atoms with E-state index in [1.807, 2.05) is 24.3 Å². The molecule has 1 rings (SSSR count). The lowest BCUT2D eigenvalue weighted by atomic mass is 10.1. The first-order valence-corrected chi connectivity index (χ1v) is 7.18. The monoisotopic (exact) mass is 297 g/mol. The van der Waals surface area contributed by atoms with E-state index in [0.717, 1.165) is 17.9 Å². The molecule has 0 bridgehead atoms. The third-order valence-corrected chi connectivity index (χ3v) is 3.17. The Morgan fingerprint density at radius 1 is 1.05 bits per heavy atom. The van der Waals surface area contributed by atoms with Crippen LogP contribution in [0.1, 0.15) is 37.7 Å². The molecule has 4 nitrogen and oxygen atoms in total. The second kappa shape index (κ2) is 9.37. The average molecular weight is 298 g/mol. The Kier molecular flexibility index (Phi) is 7.73. The Morgan fingerprint density at radius 2 is 1.70 bits per heavy atom. The number of hydrogen-bond donors (Lipinski definition) is 2. The average Bonchev–Trinajstić information content (AvgIpc) is 2.41. The number of rotatable bonds is 9. The maximum atomic E-state index is 11.5. The molecule has 0 aliphatic carbocycles. The van der Waals surface area contributed by atoms with E-state index in [-0.39, 0.29) is 12.3 Å². The fourth-order valence-corrected chi connectivity index (χ4v) is 1.95. The van der Waals surface area contributed by atoms with E-state index in [0.29, 0.717) is 25.8 Å². The van der Waals surface area contributed by atoms with Crippen LogP contribution in [-0.2, 0) is 16.0 Å². The minimum Gasteiger partial charge on any atom is -0.481 e. The molecule has 2 N–H and O–H groups in total. The number of carboxylic acid groups (broad SMARTS) is 1. The van der Waals surface area contributed by atoms with Crippen molar-refractivity contribution in [1.82, 2.24) is 5.32 Å². The van der Waals surface area contributed by atoms with E-state index in [2.05, 4.69) is 5.32 Å². The number of carboxylic acids is 1. The Balaban J connectivity index is 2.04. The van der Waals surface area contributed by atoms with E-state index >= 15 is 0 Å². The van der Waals surface area contributed by atoms with Gasteiger partial charge in [-0.2, -0.15) is 0 Å². The highest BCUT2D eigenvalue weighted by Gasteiger charge is 2.02. The minimum absolute atomic E-state index is 0.00788. The number of amides is 1. The normalized spacial score (nSPS) is 10.2. The van der Waals surface area contributed by atoms with E-state index in [9.17, 15) is 9.59 Å². The number of carbonyl (C=O) groups is 2. The molecule has 0 saturated heterocycles. The van der Waals surface area contributed by atoms with Crippen molar-refractivity contribution in [3.05, 3.63) is 34.9 Å². The highest BCUT2D eigenvalue weighted by atomic mass is 35.5. The van der Waals surface area contributed by atoms with Gasteiger partial charge < -0.3 is 10.4 Å². The van der Waals surface area contributed by atoms with Crippen molar-refractivity contribution in [3.63, 3.8) is 0 Å². The minimum atomic E-state index is -0.812. The molecule has 0 aromatic heterocycles. The van der Waals surface area contributed by atoms with Crippen LogP contribution in [0.4, 0.5) is 0 Å². The predicted molar refractivity (Wildman–Crippen MR) is 78.9 cm³/mol. The van der Waals surface area contributed by atoms with Crippen LogP contribution in [-0.4, -0.2) is 23.5 Å². The van der Waals surface area contributed by atoms with Gasteiger partial charge in [-0.15, -0.1) is 0 Å². The highest BCUT2D eigenvalue weighted by molar-refractivity contribution is 6.30. The van der Waals surface area contributed by atoms with Crippen molar-refractivity contribution in [2.75, 3.05) is 6.54 Å². The molecular weight excluding hydrogens is 278 g/mol. The van der Waals surface area contributed by atoms with Crippen molar-refractivity contribution in [2.24, 2.45) is 0 Å². The molecule has 0 spiro atoms. The summed E-state index contributed by atoms with van der Waals surface area (Å²) in [6.45, 7) is 0.639. The fraction of sp³-hybridized carbons (Fsp3) is 0.467. The molecule has 0 aliphatic rings. The summed E-state index contributed by atoms with van der Waals surface area (Å²) >= 11 is 5.80. The Morgan fingerprint density at radius 3 is 2.35 bits per heavy atom. The maximum Gasteiger partial charge on any atom is 0.303 e. The Hall–Kier alpha value is -1.55. The fourth-order valence-electron chi connectivity index (χ4n) is 1.82. The van der Waals surface area contributed by atoms with Crippen LogP contribution < -0.4 is 5.32 Å². The first kappa shape index (κ1) is 16.5. The van der Waals surface area contributed by atoms with E-state index in [1.54, 1.807) is 0 Å². The molecule has 5 heteroatoms. The summed E-state index contributed by atoms with van der Waals surface area (Å²) in [6.07, 6.45) is 3.47. The molecular formula is C15H20ClNO3. The second-order valence-electron chi connectivity index (χ2n) is 4.68. The molecule has 0 radical (unpaired) electrons. The summed E-state index contributed by atoms with van der Waals surface area (Å²) in [4.78, 5) is 21.8. The number of aliphatic carboxylic acids is 1. The molecule has 20 heavy (non-hydrogen) atoms. The molecule has 1 aromatic rings. The van der Waals surface area contributed by atoms with Crippen molar-refractivity contribution in [3.8, 4) is 0 Å². The summed E-state index contributed by atoms with van der Waals surface area (Å²) in [7, 11) is 0. The molecule has 110 valence electrons. The molecule has 0 heterocycles. The van der Waals surface area contributed by atoms with Crippen LogP contribution in [0.15, 0.2) is 24.3 Å². The zero-order valence-corrected chi connectivity index (χ0v) is 12.2. The third kappa shape index (κ3) is 7.79. The molecule has 0 atom stereocenters. The molecule has 0 unspecified atom stereocenters. The SMILES string of the molecule is O=C(O)CCCCC(=O)NCCCc1ccc(Cl)cc1. The first-order chi connectivity index (χ1) is 9.58. The Bertz CT molecular complexity index is 431. The van der Waals surface area contributed by atoms with Crippen LogP contribution >= 0.6 is 11.6 Å². The topological polar surface area (TPSA) is 66.4 Å². The van der Waals surface area contributed by atoms with Crippen LogP contribution in [0.3, 0.4) is 0 Å². The number of carbonyl (C=O) groups excluding carboxylic acids is 1. The standard InChI is InChI=1S/C15H20ClNO3/c16-13-9-7-12(8-10-13)4-3-11-17-14(18)5-1-2-6-15(19)20/h7-10H,1-6,11H2,(H,17,18)(H,19,20). The summed E-state index contributed by atoms with van der Waals surface area (Å²) < 4.78 is 0. The largest absolute Gasteiger partial charge is 0.481 e. The maximum absolute atomic E-state index is 11.5. The summed E-state index contributed by atoms with van der Waals surface area (Å²) in [5.41, 5.74) is 1.20. The van der Waals surface area contributed by atoms with E-state index in [4.69, 9.17) is 16.7 Å². The van der Waals surface area contributed by atoms with Crippen molar-refractivity contribution in [1.29, 1.82) is 0 Å². The molecule has 0 fully saturated rings. The van der Waals surface area contributed by atoms with Gasteiger partial charge in [-0.1, -0.05) is 23.7 Å². The van der Waals surface area contributed by atoms with E-state index in [1.165, 1.54) is 5.56 Å². The van der Waals surface area contributed by atoms with Gasteiger partial charge in [-0.05, 0) is 43.4 Å². The molecule has 1 amide bonds. The van der Waals surface area contributed by atoms with Gasteiger partial charge >= 0.3 is 5.97 Å². The van der Waals surface area contributed by atoms with Crippen LogP contribution in [0, 0.1) is 0 Å². The number of hydrogen-bond acceptors (Lipinski definition) is 2. The van der Waals surface area contributed by atoms with Crippen molar-refractivity contribution in [2.45, 2.75) is 38.5 Å². The summed E-state index contributed by atoms with van der Waals surface area (Å²) in [5, 5.41) is 12.0. The summed E-state index contributed by atoms with van der Waals surface area (Å²) in [6, 6.07) is 7.68. The van der Waals surface area contributed by atoms with Crippen LogP contribution in [0.2, 0.25) is 5.02 Å². The molecule has 0 saturated carbocycles. The van der Waals surface area contributed by atoms with Gasteiger partial charge in [0, 0.05) is 24.4 Å². The lowest BCUT2D eigenvalue weighted by molar-refractivity contribution is -0.137. The van der Waals surface area contributed by atoms with Gasteiger partial charge in [-0.25, -0.2) is 0 Å². The third-order valence-electron chi connectivity index (χ3n) is 2.92. The van der Waals surface area contributed by atoms with Crippen LogP contribution in [0.25, 0.3) is 0 Å². The second-order valence-corrected chi connectivity index (χ2v) is 5.12. The smallest absolute Gasteiger partial charge is 0.303 e. The van der Waals surface area contributed by atoms with Crippen LogP contribution in [0.5, 0.6) is 0 Å². The van der Waals surface area contributed by atoms with Crippen molar-refractivity contribution < 1.29 is 14.7 Å². The lowest BCUT2D eigenvalue weighted by Crippen LogP contribution is -2.24. The number of nitrogens with one attached hydrogen (secondary N) is 1. The molecule has 1 aromatic carbocycles. The first-order valence-electron chi connectivity index (χ1n) is 6.81. The van der Waals surface area contributed by atoms with Crippen molar-refractivity contribution >= 4 is 23.5 Å². The number of benzene rings is 1. The number of unbranched alkanes of at least 4 members (excludes halogenated alkanes) is 1. The van der Waals surface area contributed by atoms with Gasteiger partial charge in [-0.3, -0.25) is 9.59 Å². The zero-order valence-electron chi connectivity index (χ0n) is 11.4. The zero-order chi connectivity index (χ0) is 14.8. The lowest BCUT2D eigenvalue weighted by Gasteiger charge is -2.05. The van der Waals surface area contributed by atoms with Gasteiger partial charge in [0.25, 0.3) is 0 Å².